The van der Waals surface area contributed by atoms with E-state index in [2.05, 4.69) is 19.9 Å². The first-order chi connectivity index (χ1) is 12.6. The number of rotatable bonds is 4. The van der Waals surface area contributed by atoms with Gasteiger partial charge in [0.2, 0.25) is 5.95 Å². The molecule has 26 heavy (non-hydrogen) atoms. The number of fused-ring (bicyclic) bond motifs is 1. The monoisotopic (exact) mass is 349 g/mol. The zero-order valence-corrected chi connectivity index (χ0v) is 14.0. The van der Waals surface area contributed by atoms with Crippen LogP contribution in [0.4, 0.5) is 8.78 Å². The van der Waals surface area contributed by atoms with Gasteiger partial charge in [0, 0.05) is 47.9 Å². The van der Waals surface area contributed by atoms with Crippen molar-refractivity contribution in [3.8, 4) is 0 Å². The van der Waals surface area contributed by atoms with Gasteiger partial charge in [-0.15, -0.1) is 0 Å². The van der Waals surface area contributed by atoms with Gasteiger partial charge in [0.1, 0.15) is 11.5 Å². The van der Waals surface area contributed by atoms with Crippen LogP contribution in [0.5, 0.6) is 0 Å². The molecule has 0 aliphatic heterocycles. The van der Waals surface area contributed by atoms with Gasteiger partial charge in [0.25, 0.3) is 0 Å². The maximum atomic E-state index is 14.5. The lowest BCUT2D eigenvalue weighted by Gasteiger charge is -2.06. The second-order valence-corrected chi connectivity index (χ2v) is 6.13. The molecule has 4 heterocycles. The smallest absolute Gasteiger partial charge is 0.216 e. The Labute approximate surface area is 149 Å². The molecule has 4 nitrogen and oxygen atoms in total. The Bertz CT molecular complexity index is 1090. The van der Waals surface area contributed by atoms with Crippen molar-refractivity contribution in [3.05, 3.63) is 95.2 Å². The van der Waals surface area contributed by atoms with E-state index in [-0.39, 0.29) is 0 Å². The molecule has 0 amide bonds. The second kappa shape index (κ2) is 6.63. The third-order valence-corrected chi connectivity index (χ3v) is 4.19. The molecule has 4 rings (SSSR count). The Balaban J connectivity index is 1.60. The highest BCUT2D eigenvalue weighted by Gasteiger charge is 2.12. The van der Waals surface area contributed by atoms with E-state index in [9.17, 15) is 8.78 Å². The molecule has 129 valence electrons. The van der Waals surface area contributed by atoms with E-state index in [1.165, 1.54) is 18.7 Å². The van der Waals surface area contributed by atoms with Crippen LogP contribution >= 0.6 is 0 Å². The number of hydrogen-bond acceptors (Lipinski definition) is 3. The van der Waals surface area contributed by atoms with Crippen LogP contribution in [0.3, 0.4) is 0 Å². The van der Waals surface area contributed by atoms with Gasteiger partial charge in [0.15, 0.2) is 0 Å². The van der Waals surface area contributed by atoms with Crippen molar-refractivity contribution in [2.75, 3.05) is 0 Å². The summed E-state index contributed by atoms with van der Waals surface area (Å²) >= 11 is 0. The predicted molar refractivity (Wildman–Crippen MR) is 94.5 cm³/mol. The van der Waals surface area contributed by atoms with Gasteiger partial charge in [-0.2, -0.15) is 4.39 Å². The van der Waals surface area contributed by atoms with Gasteiger partial charge in [-0.1, -0.05) is 6.07 Å². The van der Waals surface area contributed by atoms with Crippen LogP contribution in [0.1, 0.15) is 27.9 Å². The van der Waals surface area contributed by atoms with Crippen molar-refractivity contribution in [2.24, 2.45) is 0 Å². The van der Waals surface area contributed by atoms with Crippen LogP contribution < -0.4 is 0 Å². The third-order valence-electron chi connectivity index (χ3n) is 4.19. The van der Waals surface area contributed by atoms with E-state index in [1.54, 1.807) is 18.3 Å². The van der Waals surface area contributed by atoms with Gasteiger partial charge in [-0.05, 0) is 36.2 Å². The summed E-state index contributed by atoms with van der Waals surface area (Å²) in [6.45, 7) is 1.97. The van der Waals surface area contributed by atoms with Crippen molar-refractivity contribution in [1.82, 2.24) is 19.9 Å². The molecule has 0 saturated heterocycles. The number of H-pyrrole nitrogens is 1. The van der Waals surface area contributed by atoms with E-state index in [1.807, 2.05) is 19.2 Å². The molecular weight excluding hydrogens is 334 g/mol. The minimum atomic E-state index is -0.567. The summed E-state index contributed by atoms with van der Waals surface area (Å²) < 4.78 is 28.1. The fourth-order valence-corrected chi connectivity index (χ4v) is 2.87. The predicted octanol–water partition coefficient (Wildman–Crippen LogP) is 4.13. The highest BCUT2D eigenvalue weighted by molar-refractivity contribution is 5.80. The standard InChI is InChI=1S/C20H15F2N4/c1-12-6-17-15(10-25-20(17)24-9-12)7-14-2-3-16(26-19(14)22)8-13-4-5-23-11-18(13)21/h2-6,8-11H,7H2,1H3,(H,24,25). The molecule has 4 aromatic rings. The van der Waals surface area contributed by atoms with Crippen molar-refractivity contribution < 1.29 is 8.78 Å². The number of pyridine rings is 3. The summed E-state index contributed by atoms with van der Waals surface area (Å²) in [4.78, 5) is 15.1. The van der Waals surface area contributed by atoms with E-state index < -0.39 is 11.8 Å². The lowest BCUT2D eigenvalue weighted by Crippen LogP contribution is -2.00. The van der Waals surface area contributed by atoms with Crippen LogP contribution in [-0.2, 0) is 6.42 Å². The molecule has 0 aliphatic rings. The first-order valence-corrected chi connectivity index (χ1v) is 8.12. The van der Waals surface area contributed by atoms with E-state index >= 15 is 0 Å². The molecule has 0 spiro atoms. The van der Waals surface area contributed by atoms with Crippen molar-refractivity contribution in [1.29, 1.82) is 0 Å². The van der Waals surface area contributed by atoms with Gasteiger partial charge >= 0.3 is 0 Å². The fraction of sp³-hybridized carbons (Fsp3) is 0.100. The number of hydrogen-bond donors (Lipinski definition) is 1. The second-order valence-electron chi connectivity index (χ2n) is 6.13. The summed E-state index contributed by atoms with van der Waals surface area (Å²) in [6, 6.07) is 6.89. The highest BCUT2D eigenvalue weighted by atomic mass is 19.1. The topological polar surface area (TPSA) is 54.5 Å². The first kappa shape index (κ1) is 16.3. The van der Waals surface area contributed by atoms with Crippen LogP contribution in [-0.4, -0.2) is 19.9 Å². The molecule has 1 radical (unpaired) electrons. The zero-order valence-electron chi connectivity index (χ0n) is 14.0. The number of halogens is 2. The SMILES string of the molecule is Cc1cnc2[nH]cc(Cc3ccc([CH]c4ccncc4F)nc3F)c2c1. The highest BCUT2D eigenvalue weighted by Crippen LogP contribution is 2.22. The normalized spacial score (nSPS) is 11.2. The maximum absolute atomic E-state index is 14.5. The number of aromatic nitrogens is 4. The van der Waals surface area contributed by atoms with Gasteiger partial charge in [-0.25, -0.2) is 14.4 Å². The molecule has 6 heteroatoms. The number of aryl methyl sites for hydroxylation is 1. The third kappa shape index (κ3) is 3.18. The summed E-state index contributed by atoms with van der Waals surface area (Å²) in [5.74, 6) is -1.04. The maximum Gasteiger partial charge on any atom is 0.216 e. The van der Waals surface area contributed by atoms with Crippen LogP contribution in [0, 0.1) is 25.1 Å². The Morgan fingerprint density at radius 2 is 2.00 bits per heavy atom. The van der Waals surface area contributed by atoms with Crippen LogP contribution in [0.2, 0.25) is 0 Å². The Morgan fingerprint density at radius 1 is 1.12 bits per heavy atom. The molecule has 0 saturated carbocycles. The molecule has 0 aliphatic carbocycles. The molecule has 4 aromatic heterocycles. The molecule has 0 aromatic carbocycles. The van der Waals surface area contributed by atoms with Crippen molar-refractivity contribution in [3.63, 3.8) is 0 Å². The number of nitrogens with one attached hydrogen (secondary N) is 1. The minimum Gasteiger partial charge on any atom is -0.346 e. The Kier molecular flexibility index (Phi) is 4.16. The largest absolute Gasteiger partial charge is 0.346 e. The molecule has 0 unspecified atom stereocenters. The number of aromatic amines is 1. The van der Waals surface area contributed by atoms with E-state index in [0.29, 0.717) is 23.2 Å². The first-order valence-electron chi connectivity index (χ1n) is 8.12. The zero-order chi connectivity index (χ0) is 18.1. The molecule has 0 atom stereocenters. The Hall–Kier alpha value is -3.15. The quantitative estimate of drug-likeness (QED) is 0.564. The van der Waals surface area contributed by atoms with E-state index in [0.717, 1.165) is 28.4 Å². The summed E-state index contributed by atoms with van der Waals surface area (Å²) in [5, 5.41) is 0.971. The van der Waals surface area contributed by atoms with Gasteiger partial charge < -0.3 is 4.98 Å². The van der Waals surface area contributed by atoms with E-state index in [4.69, 9.17) is 0 Å². The minimum absolute atomic E-state index is 0.317. The molecule has 1 N–H and O–H groups in total. The van der Waals surface area contributed by atoms with Gasteiger partial charge in [-0.3, -0.25) is 4.98 Å². The van der Waals surface area contributed by atoms with Crippen LogP contribution in [0.15, 0.2) is 49.1 Å². The molecular formula is C20H15F2N4. The average Bonchev–Trinajstić information content (AvgIpc) is 3.01. The van der Waals surface area contributed by atoms with Gasteiger partial charge in [0.05, 0.1) is 11.9 Å². The molecule has 0 fully saturated rings. The average molecular weight is 349 g/mol. The summed E-state index contributed by atoms with van der Waals surface area (Å²) in [7, 11) is 0. The number of nitrogens with zero attached hydrogens (tertiary/aromatic N) is 3. The van der Waals surface area contributed by atoms with Crippen molar-refractivity contribution in [2.45, 2.75) is 13.3 Å². The Morgan fingerprint density at radius 3 is 2.81 bits per heavy atom. The molecule has 0 bridgehead atoms. The lowest BCUT2D eigenvalue weighted by atomic mass is 10.0. The summed E-state index contributed by atoms with van der Waals surface area (Å²) in [6.07, 6.45) is 8.10. The van der Waals surface area contributed by atoms with Crippen molar-refractivity contribution >= 4 is 11.0 Å². The lowest BCUT2D eigenvalue weighted by molar-refractivity contribution is 0.567. The fourth-order valence-electron chi connectivity index (χ4n) is 2.87. The summed E-state index contributed by atoms with van der Waals surface area (Å²) in [5.41, 5.74) is 3.91. The van der Waals surface area contributed by atoms with Crippen LogP contribution in [0.25, 0.3) is 11.0 Å².